The van der Waals surface area contributed by atoms with Crippen molar-refractivity contribution < 1.29 is 0 Å². The Balaban J connectivity index is 0.000000861. The quantitative estimate of drug-likeness (QED) is 0.801. The van der Waals surface area contributed by atoms with Crippen LogP contribution in [0.5, 0.6) is 0 Å². The first-order valence-corrected chi connectivity index (χ1v) is 8.10. The zero-order chi connectivity index (χ0) is 14.3. The molecular formula is C16H29N2P. The normalized spacial score (nSPS) is 17.5. The van der Waals surface area contributed by atoms with Gasteiger partial charge in [-0.1, -0.05) is 42.3 Å². The van der Waals surface area contributed by atoms with Crippen molar-refractivity contribution in [2.45, 2.75) is 52.9 Å². The van der Waals surface area contributed by atoms with Crippen LogP contribution in [0.25, 0.3) is 6.08 Å². The summed E-state index contributed by atoms with van der Waals surface area (Å²) < 4.78 is 2.35. The number of hydrogen-bond donors (Lipinski definition) is 1. The fraction of sp³-hybridized carbons (Fsp3) is 0.625. The van der Waals surface area contributed by atoms with Crippen molar-refractivity contribution in [1.29, 1.82) is 0 Å². The molecule has 1 saturated heterocycles. The van der Waals surface area contributed by atoms with Gasteiger partial charge in [0.05, 0.1) is 0 Å². The Morgan fingerprint density at radius 1 is 1.37 bits per heavy atom. The summed E-state index contributed by atoms with van der Waals surface area (Å²) in [5.74, 6) is 0.731. The van der Waals surface area contributed by atoms with E-state index in [9.17, 15) is 0 Å². The molecule has 0 bridgehead atoms. The second-order valence-corrected chi connectivity index (χ2v) is 5.53. The van der Waals surface area contributed by atoms with Crippen LogP contribution in [-0.2, 0) is 6.42 Å². The largest absolute Gasteiger partial charge is 0.364 e. The number of nitrogens with one attached hydrogen (secondary N) is 1. The molecule has 1 unspecified atom stereocenters. The SMILES string of the molecule is C/C=C\c1c(C2CCN(P)CC2)c[nH]c1CC.CC. The number of aromatic amines is 1. The Labute approximate surface area is 120 Å². The lowest BCUT2D eigenvalue weighted by atomic mass is 9.88. The molecule has 19 heavy (non-hydrogen) atoms. The number of piperidine rings is 1. The maximum absolute atomic E-state index is 3.45. The Hall–Kier alpha value is -0.590. The minimum absolute atomic E-state index is 0.731. The van der Waals surface area contributed by atoms with E-state index >= 15 is 0 Å². The van der Waals surface area contributed by atoms with E-state index in [-0.39, 0.29) is 0 Å². The molecule has 108 valence electrons. The molecule has 3 heteroatoms. The number of aromatic nitrogens is 1. The lowest BCUT2D eigenvalue weighted by Crippen LogP contribution is -2.24. The van der Waals surface area contributed by atoms with E-state index in [2.05, 4.69) is 51.2 Å². The second kappa shape index (κ2) is 8.55. The predicted octanol–water partition coefficient (Wildman–Crippen LogP) is 4.61. The molecule has 0 saturated carbocycles. The summed E-state index contributed by atoms with van der Waals surface area (Å²) in [5.41, 5.74) is 4.35. The van der Waals surface area contributed by atoms with Crippen molar-refractivity contribution in [3.05, 3.63) is 29.1 Å². The van der Waals surface area contributed by atoms with Crippen molar-refractivity contribution in [2.75, 3.05) is 13.1 Å². The van der Waals surface area contributed by atoms with Gasteiger partial charge in [0, 0.05) is 25.0 Å². The van der Waals surface area contributed by atoms with Crippen molar-refractivity contribution in [1.82, 2.24) is 9.65 Å². The fourth-order valence-electron chi connectivity index (χ4n) is 2.70. The van der Waals surface area contributed by atoms with Gasteiger partial charge < -0.3 is 4.98 Å². The summed E-state index contributed by atoms with van der Waals surface area (Å²) in [4.78, 5) is 3.45. The molecule has 1 fully saturated rings. The van der Waals surface area contributed by atoms with Crippen LogP contribution in [-0.4, -0.2) is 22.7 Å². The highest BCUT2D eigenvalue weighted by atomic mass is 31.0. The predicted molar refractivity (Wildman–Crippen MR) is 89.5 cm³/mol. The first-order valence-electron chi connectivity index (χ1n) is 7.58. The smallest absolute Gasteiger partial charge is 0.0220 e. The Bertz CT molecular complexity index is 387. The van der Waals surface area contributed by atoms with Crippen molar-refractivity contribution in [3.8, 4) is 0 Å². The van der Waals surface area contributed by atoms with Crippen LogP contribution in [0.4, 0.5) is 0 Å². The third-order valence-electron chi connectivity index (χ3n) is 3.69. The molecule has 1 aromatic heterocycles. The lowest BCUT2D eigenvalue weighted by molar-refractivity contribution is 0.345. The summed E-state index contributed by atoms with van der Waals surface area (Å²) in [6.07, 6.45) is 10.3. The topological polar surface area (TPSA) is 19.0 Å². The molecule has 2 nitrogen and oxygen atoms in total. The molecule has 1 N–H and O–H groups in total. The van der Waals surface area contributed by atoms with Gasteiger partial charge in [-0.3, -0.25) is 4.67 Å². The second-order valence-electron chi connectivity index (χ2n) is 4.80. The van der Waals surface area contributed by atoms with Crippen molar-refractivity contribution >= 4 is 15.5 Å². The summed E-state index contributed by atoms with van der Waals surface area (Å²) in [6.45, 7) is 10.7. The highest BCUT2D eigenvalue weighted by molar-refractivity contribution is 7.13. The molecule has 1 aromatic rings. The third-order valence-corrected chi connectivity index (χ3v) is 4.21. The van der Waals surface area contributed by atoms with Gasteiger partial charge in [0.1, 0.15) is 0 Å². The zero-order valence-electron chi connectivity index (χ0n) is 12.9. The van der Waals surface area contributed by atoms with E-state index in [1.807, 2.05) is 13.8 Å². The monoisotopic (exact) mass is 280 g/mol. The van der Waals surface area contributed by atoms with Gasteiger partial charge >= 0.3 is 0 Å². The highest BCUT2D eigenvalue weighted by Gasteiger charge is 2.22. The number of nitrogens with zero attached hydrogens (tertiary/aromatic N) is 1. The van der Waals surface area contributed by atoms with Crippen LogP contribution in [0.15, 0.2) is 12.3 Å². The minimum atomic E-state index is 0.731. The minimum Gasteiger partial charge on any atom is -0.364 e. The molecule has 1 aliphatic rings. The van der Waals surface area contributed by atoms with E-state index in [1.54, 1.807) is 0 Å². The van der Waals surface area contributed by atoms with Crippen LogP contribution < -0.4 is 0 Å². The highest BCUT2D eigenvalue weighted by Crippen LogP contribution is 2.33. The Morgan fingerprint density at radius 2 is 2.00 bits per heavy atom. The van der Waals surface area contributed by atoms with E-state index in [0.717, 1.165) is 12.3 Å². The molecule has 2 heterocycles. The number of aryl methyl sites for hydroxylation is 1. The molecule has 0 aromatic carbocycles. The molecule has 0 amide bonds. The number of allylic oxidation sites excluding steroid dienone is 1. The average molecular weight is 280 g/mol. The van der Waals surface area contributed by atoms with Crippen molar-refractivity contribution in [2.24, 2.45) is 0 Å². The van der Waals surface area contributed by atoms with Gasteiger partial charge in [-0.25, -0.2) is 0 Å². The van der Waals surface area contributed by atoms with E-state index < -0.39 is 0 Å². The maximum Gasteiger partial charge on any atom is 0.0220 e. The molecule has 0 aliphatic carbocycles. The molecular weight excluding hydrogens is 251 g/mol. The number of hydrogen-bond acceptors (Lipinski definition) is 1. The van der Waals surface area contributed by atoms with Gasteiger partial charge in [0.15, 0.2) is 0 Å². The van der Waals surface area contributed by atoms with Crippen LogP contribution in [0, 0.1) is 0 Å². The standard InChI is InChI=1S/C14H23N2P.C2H6/c1-3-5-12-13(10-15-14(12)4-2)11-6-8-16(17)9-7-11;1-2/h3,5,10-11,15H,4,6-9,17H2,1-2H3;1-2H3/b5-3-;. The third kappa shape index (κ3) is 4.19. The van der Waals surface area contributed by atoms with E-state index in [0.29, 0.717) is 0 Å². The van der Waals surface area contributed by atoms with Gasteiger partial charge in [-0.2, -0.15) is 0 Å². The molecule has 2 rings (SSSR count). The van der Waals surface area contributed by atoms with Gasteiger partial charge in [0.25, 0.3) is 0 Å². The van der Waals surface area contributed by atoms with E-state index in [4.69, 9.17) is 0 Å². The van der Waals surface area contributed by atoms with Crippen LogP contribution >= 0.6 is 9.39 Å². The lowest BCUT2D eigenvalue weighted by Gasteiger charge is -2.28. The fourth-order valence-corrected chi connectivity index (χ4v) is 3.00. The summed E-state index contributed by atoms with van der Waals surface area (Å²) in [5, 5.41) is 0. The zero-order valence-corrected chi connectivity index (χ0v) is 14.0. The van der Waals surface area contributed by atoms with Gasteiger partial charge in [0.2, 0.25) is 0 Å². The van der Waals surface area contributed by atoms with Gasteiger partial charge in [-0.05, 0) is 43.2 Å². The number of rotatable bonds is 3. The molecule has 1 atom stereocenters. The van der Waals surface area contributed by atoms with Crippen LogP contribution in [0.3, 0.4) is 0 Å². The maximum atomic E-state index is 3.45. The Kier molecular flexibility index (Phi) is 7.41. The Morgan fingerprint density at radius 3 is 2.53 bits per heavy atom. The van der Waals surface area contributed by atoms with Crippen LogP contribution in [0.2, 0.25) is 0 Å². The average Bonchev–Trinajstić information content (AvgIpc) is 2.85. The van der Waals surface area contributed by atoms with E-state index in [1.165, 1.54) is 42.8 Å². The molecule has 1 aliphatic heterocycles. The molecule has 0 spiro atoms. The van der Waals surface area contributed by atoms with Gasteiger partial charge in [-0.15, -0.1) is 0 Å². The summed E-state index contributed by atoms with van der Waals surface area (Å²) >= 11 is 0. The first-order chi connectivity index (χ1) is 9.26. The van der Waals surface area contributed by atoms with Crippen molar-refractivity contribution in [3.63, 3.8) is 0 Å². The summed E-state index contributed by atoms with van der Waals surface area (Å²) in [6, 6.07) is 0. The molecule has 0 radical (unpaired) electrons. The summed E-state index contributed by atoms with van der Waals surface area (Å²) in [7, 11) is 2.82. The first kappa shape index (κ1) is 16.5. The van der Waals surface area contributed by atoms with Crippen LogP contribution in [0.1, 0.15) is 63.3 Å². The number of H-pyrrole nitrogens is 1.